The maximum Gasteiger partial charge on any atom is 0.256 e. The summed E-state index contributed by atoms with van der Waals surface area (Å²) in [6.07, 6.45) is 0. The summed E-state index contributed by atoms with van der Waals surface area (Å²) in [4.78, 5) is 18.6. The number of benzene rings is 3. The zero-order valence-electron chi connectivity index (χ0n) is 18.3. The van der Waals surface area contributed by atoms with E-state index >= 15 is 0 Å². The molecule has 162 valence electrons. The van der Waals surface area contributed by atoms with Gasteiger partial charge in [0.25, 0.3) is 5.91 Å². The summed E-state index contributed by atoms with van der Waals surface area (Å²) in [7, 11) is 3.15. The molecule has 0 unspecified atom stereocenters. The van der Waals surface area contributed by atoms with Gasteiger partial charge in [0, 0.05) is 21.5 Å². The predicted octanol–water partition coefficient (Wildman–Crippen LogP) is 6.55. The first-order chi connectivity index (χ1) is 15.4. The average molecular weight is 491 g/mol. The van der Waals surface area contributed by atoms with Crippen LogP contribution >= 0.6 is 15.9 Å². The number of hydrogen-bond donors (Lipinski definition) is 1. The first-order valence-corrected chi connectivity index (χ1v) is 10.9. The van der Waals surface area contributed by atoms with Crippen molar-refractivity contribution < 1.29 is 14.3 Å². The number of anilines is 1. The molecule has 5 nitrogen and oxygen atoms in total. The Hall–Kier alpha value is -3.38. The molecule has 0 saturated carbocycles. The highest BCUT2D eigenvalue weighted by Gasteiger charge is 2.21. The molecule has 1 N–H and O–H groups in total. The lowest BCUT2D eigenvalue weighted by atomic mass is 9.96. The van der Waals surface area contributed by atoms with Gasteiger partial charge in [-0.3, -0.25) is 4.79 Å². The molecule has 4 aromatic rings. The third-order valence-electron chi connectivity index (χ3n) is 5.42. The van der Waals surface area contributed by atoms with E-state index in [0.29, 0.717) is 22.7 Å². The van der Waals surface area contributed by atoms with Gasteiger partial charge in [-0.2, -0.15) is 0 Å². The van der Waals surface area contributed by atoms with Crippen molar-refractivity contribution in [3.05, 3.63) is 81.8 Å². The van der Waals surface area contributed by atoms with Gasteiger partial charge in [0.05, 0.1) is 36.7 Å². The van der Waals surface area contributed by atoms with Crippen molar-refractivity contribution in [1.82, 2.24) is 4.98 Å². The maximum absolute atomic E-state index is 13.6. The maximum atomic E-state index is 13.6. The molecule has 0 bridgehead atoms. The van der Waals surface area contributed by atoms with Gasteiger partial charge < -0.3 is 14.8 Å². The number of nitrogens with zero attached hydrogens (tertiary/aromatic N) is 1. The Balaban J connectivity index is 1.91. The number of carbonyl (C=O) groups is 1. The van der Waals surface area contributed by atoms with Crippen LogP contribution in [0.2, 0.25) is 0 Å². The van der Waals surface area contributed by atoms with Gasteiger partial charge in [-0.1, -0.05) is 46.3 Å². The van der Waals surface area contributed by atoms with Crippen LogP contribution in [-0.2, 0) is 0 Å². The molecule has 0 radical (unpaired) electrons. The number of rotatable bonds is 5. The molecular formula is C26H23BrN2O3. The minimum atomic E-state index is -0.229. The van der Waals surface area contributed by atoms with Crippen molar-refractivity contribution in [1.29, 1.82) is 0 Å². The molecule has 0 fully saturated rings. The number of aromatic nitrogens is 1. The number of pyridine rings is 1. The zero-order chi connectivity index (χ0) is 22.8. The lowest BCUT2D eigenvalue weighted by Gasteiger charge is -2.17. The first-order valence-electron chi connectivity index (χ1n) is 10.1. The van der Waals surface area contributed by atoms with Crippen molar-refractivity contribution >= 4 is 38.4 Å². The van der Waals surface area contributed by atoms with Gasteiger partial charge in [-0.15, -0.1) is 0 Å². The van der Waals surface area contributed by atoms with Crippen molar-refractivity contribution in [2.24, 2.45) is 0 Å². The fraction of sp³-hybridized carbons (Fsp3) is 0.154. The minimum absolute atomic E-state index is 0.229. The third kappa shape index (κ3) is 4.06. The van der Waals surface area contributed by atoms with E-state index in [-0.39, 0.29) is 5.91 Å². The molecule has 1 amide bonds. The molecule has 0 aliphatic rings. The van der Waals surface area contributed by atoms with Gasteiger partial charge in [-0.05, 0) is 49.2 Å². The summed E-state index contributed by atoms with van der Waals surface area (Å²) in [5.41, 5.74) is 5.49. The first kappa shape index (κ1) is 21.8. The smallest absolute Gasteiger partial charge is 0.256 e. The van der Waals surface area contributed by atoms with E-state index < -0.39 is 0 Å². The van der Waals surface area contributed by atoms with Crippen LogP contribution in [0.25, 0.3) is 22.2 Å². The van der Waals surface area contributed by atoms with Crippen molar-refractivity contribution in [2.45, 2.75) is 13.8 Å². The molecule has 3 aromatic carbocycles. The largest absolute Gasteiger partial charge is 0.497 e. The summed E-state index contributed by atoms with van der Waals surface area (Å²) >= 11 is 3.57. The van der Waals surface area contributed by atoms with Gasteiger partial charge >= 0.3 is 0 Å². The van der Waals surface area contributed by atoms with Gasteiger partial charge in [0.2, 0.25) is 0 Å². The monoisotopic (exact) mass is 490 g/mol. The number of hydrogen-bond acceptors (Lipinski definition) is 4. The molecule has 0 atom stereocenters. The Morgan fingerprint density at radius 1 is 0.969 bits per heavy atom. The topological polar surface area (TPSA) is 60.5 Å². The lowest BCUT2D eigenvalue weighted by Crippen LogP contribution is -2.16. The minimum Gasteiger partial charge on any atom is -0.497 e. The number of aryl methyl sites for hydroxylation is 1. The van der Waals surface area contributed by atoms with Crippen molar-refractivity contribution in [3.8, 4) is 22.8 Å². The number of fused-ring (bicyclic) bond motifs is 1. The van der Waals surface area contributed by atoms with Crippen LogP contribution in [0, 0.1) is 13.8 Å². The standard InChI is InChI=1S/C26H23BrN2O3/c1-15-12-18(27)13-20-23(16(2)25(29-24(15)20)17-8-6-5-7-9-17)26(30)28-21-11-10-19(31-3)14-22(21)32-4/h5-14H,1-4H3,(H,28,30). The fourth-order valence-corrected chi connectivity index (χ4v) is 4.42. The molecule has 0 aliphatic carbocycles. The van der Waals surface area contributed by atoms with E-state index in [1.54, 1.807) is 32.4 Å². The van der Waals surface area contributed by atoms with Crippen molar-refractivity contribution in [3.63, 3.8) is 0 Å². The number of halogens is 1. The molecule has 1 heterocycles. The van der Waals surface area contributed by atoms with Crippen LogP contribution in [0.4, 0.5) is 5.69 Å². The molecule has 0 spiro atoms. The number of methoxy groups -OCH3 is 2. The molecule has 4 rings (SSSR count). The quantitative estimate of drug-likeness (QED) is 0.344. The molecule has 32 heavy (non-hydrogen) atoms. The second kappa shape index (κ2) is 9.01. The van der Waals surface area contributed by atoms with E-state index in [0.717, 1.165) is 37.8 Å². The van der Waals surface area contributed by atoms with Crippen LogP contribution in [0.5, 0.6) is 11.5 Å². The number of amides is 1. The van der Waals surface area contributed by atoms with Crippen LogP contribution in [0.15, 0.2) is 65.1 Å². The summed E-state index contributed by atoms with van der Waals surface area (Å²) in [5, 5.41) is 3.81. The summed E-state index contributed by atoms with van der Waals surface area (Å²) in [6.45, 7) is 3.93. The highest BCUT2D eigenvalue weighted by molar-refractivity contribution is 9.10. The number of ether oxygens (including phenoxy) is 2. The number of carbonyl (C=O) groups excluding carboxylic acids is 1. The normalized spacial score (nSPS) is 10.8. The van der Waals surface area contributed by atoms with Gasteiger partial charge in [0.1, 0.15) is 11.5 Å². The van der Waals surface area contributed by atoms with E-state index in [1.807, 2.05) is 56.3 Å². The Kier molecular flexibility index (Phi) is 6.15. The summed E-state index contributed by atoms with van der Waals surface area (Å²) in [5.74, 6) is 0.943. The highest BCUT2D eigenvalue weighted by Crippen LogP contribution is 2.35. The van der Waals surface area contributed by atoms with E-state index in [4.69, 9.17) is 14.5 Å². The van der Waals surface area contributed by atoms with Crippen LogP contribution in [0.1, 0.15) is 21.5 Å². The SMILES string of the molecule is COc1ccc(NC(=O)c2c(C)c(-c3ccccc3)nc3c(C)cc(Br)cc23)c(OC)c1. The van der Waals surface area contributed by atoms with Gasteiger partial charge in [-0.25, -0.2) is 4.98 Å². The van der Waals surface area contributed by atoms with E-state index in [1.165, 1.54) is 0 Å². The second-order valence-corrected chi connectivity index (χ2v) is 8.38. The Bertz CT molecular complexity index is 1320. The molecule has 1 aromatic heterocycles. The molecule has 6 heteroatoms. The molecular weight excluding hydrogens is 468 g/mol. The average Bonchev–Trinajstić information content (AvgIpc) is 2.79. The second-order valence-electron chi connectivity index (χ2n) is 7.47. The van der Waals surface area contributed by atoms with E-state index in [9.17, 15) is 4.79 Å². The Morgan fingerprint density at radius 3 is 2.41 bits per heavy atom. The Labute approximate surface area is 195 Å². The lowest BCUT2D eigenvalue weighted by molar-refractivity contribution is 0.102. The zero-order valence-corrected chi connectivity index (χ0v) is 19.9. The third-order valence-corrected chi connectivity index (χ3v) is 5.88. The Morgan fingerprint density at radius 2 is 1.72 bits per heavy atom. The summed E-state index contributed by atoms with van der Waals surface area (Å²) < 4.78 is 11.6. The number of nitrogens with one attached hydrogen (secondary N) is 1. The van der Waals surface area contributed by atoms with Crippen molar-refractivity contribution in [2.75, 3.05) is 19.5 Å². The predicted molar refractivity (Wildman–Crippen MR) is 132 cm³/mol. The van der Waals surface area contributed by atoms with Gasteiger partial charge in [0.15, 0.2) is 0 Å². The molecule has 0 saturated heterocycles. The van der Waals surface area contributed by atoms with E-state index in [2.05, 4.69) is 21.2 Å². The van der Waals surface area contributed by atoms with Crippen LogP contribution in [-0.4, -0.2) is 25.1 Å². The fourth-order valence-electron chi connectivity index (χ4n) is 3.85. The van der Waals surface area contributed by atoms with Crippen LogP contribution < -0.4 is 14.8 Å². The highest BCUT2D eigenvalue weighted by atomic mass is 79.9. The molecule has 0 aliphatic heterocycles. The summed E-state index contributed by atoms with van der Waals surface area (Å²) in [6, 6.07) is 19.2. The van der Waals surface area contributed by atoms with Crippen LogP contribution in [0.3, 0.4) is 0 Å².